The number of carbonyl (C=O) groups excluding carboxylic acids is 2. The molecule has 166 valence electrons. The molecule has 0 aliphatic carbocycles. The summed E-state index contributed by atoms with van der Waals surface area (Å²) in [5, 5.41) is 5.40. The molecule has 0 spiro atoms. The number of likely N-dealkylation sites (tertiary alicyclic amines) is 1. The van der Waals surface area contributed by atoms with Crippen LogP contribution < -0.4 is 10.3 Å². The van der Waals surface area contributed by atoms with E-state index in [1.54, 1.807) is 67.5 Å². The number of hydrogen-bond acceptors (Lipinski definition) is 6. The minimum Gasteiger partial charge on any atom is -0.497 e. The van der Waals surface area contributed by atoms with Crippen LogP contribution in [0.4, 0.5) is 0 Å². The third kappa shape index (κ3) is 4.08. The van der Waals surface area contributed by atoms with Gasteiger partial charge in [0, 0.05) is 18.5 Å². The normalized spacial score (nSPS) is 14.4. The van der Waals surface area contributed by atoms with E-state index in [1.165, 1.54) is 4.68 Å². The first-order valence-electron chi connectivity index (χ1n) is 10.7. The van der Waals surface area contributed by atoms with Gasteiger partial charge in [-0.25, -0.2) is 0 Å². The number of nitrogens with zero attached hydrogens (tertiary/aromatic N) is 3. The zero-order valence-corrected chi connectivity index (χ0v) is 18.1. The number of carbonyl (C=O) groups is 2. The number of piperidine rings is 1. The van der Waals surface area contributed by atoms with Crippen LogP contribution in [-0.2, 0) is 9.53 Å². The van der Waals surface area contributed by atoms with Crippen molar-refractivity contribution >= 4 is 22.6 Å². The lowest BCUT2D eigenvalue weighted by molar-refractivity contribution is -0.149. The Hall–Kier alpha value is -3.68. The maximum absolute atomic E-state index is 13.4. The van der Waals surface area contributed by atoms with Gasteiger partial charge in [0.15, 0.2) is 5.69 Å². The quantitative estimate of drug-likeness (QED) is 0.573. The van der Waals surface area contributed by atoms with Gasteiger partial charge in [-0.15, -0.1) is 0 Å². The minimum absolute atomic E-state index is 0.197. The van der Waals surface area contributed by atoms with Crippen LogP contribution in [0.1, 0.15) is 30.3 Å². The number of esters is 1. The van der Waals surface area contributed by atoms with E-state index in [9.17, 15) is 14.4 Å². The predicted octanol–water partition coefficient (Wildman–Crippen LogP) is 2.81. The fourth-order valence-corrected chi connectivity index (χ4v) is 3.97. The Kier molecular flexibility index (Phi) is 6.20. The lowest BCUT2D eigenvalue weighted by Crippen LogP contribution is -2.41. The Morgan fingerprint density at radius 2 is 1.69 bits per heavy atom. The van der Waals surface area contributed by atoms with Gasteiger partial charge in [0.2, 0.25) is 0 Å². The number of ether oxygens (including phenoxy) is 2. The molecule has 2 aromatic carbocycles. The number of aromatic nitrogens is 2. The lowest BCUT2D eigenvalue weighted by atomic mass is 9.96. The monoisotopic (exact) mass is 435 g/mol. The second-order valence-electron chi connectivity index (χ2n) is 7.63. The molecule has 8 heteroatoms. The fraction of sp³-hybridized carbons (Fsp3) is 0.333. The molecule has 8 nitrogen and oxygen atoms in total. The molecule has 1 fully saturated rings. The molecule has 0 atom stereocenters. The first kappa shape index (κ1) is 21.5. The molecule has 1 saturated heterocycles. The highest BCUT2D eigenvalue weighted by atomic mass is 16.5. The molecule has 32 heavy (non-hydrogen) atoms. The van der Waals surface area contributed by atoms with Crippen LogP contribution in [0, 0.1) is 5.92 Å². The summed E-state index contributed by atoms with van der Waals surface area (Å²) >= 11 is 0. The second-order valence-corrected chi connectivity index (χ2v) is 7.63. The molecule has 3 aromatic rings. The Labute approximate surface area is 185 Å². The van der Waals surface area contributed by atoms with Crippen molar-refractivity contribution in [2.24, 2.45) is 5.92 Å². The largest absolute Gasteiger partial charge is 0.497 e. The number of benzene rings is 2. The maximum Gasteiger partial charge on any atom is 0.309 e. The molecule has 1 amide bonds. The van der Waals surface area contributed by atoms with Crippen molar-refractivity contribution in [2.45, 2.75) is 19.8 Å². The molecule has 4 rings (SSSR count). The van der Waals surface area contributed by atoms with E-state index < -0.39 is 0 Å². The fourth-order valence-electron chi connectivity index (χ4n) is 3.97. The molecule has 0 unspecified atom stereocenters. The van der Waals surface area contributed by atoms with Crippen molar-refractivity contribution in [3.63, 3.8) is 0 Å². The van der Waals surface area contributed by atoms with E-state index in [1.807, 2.05) is 0 Å². The van der Waals surface area contributed by atoms with Crippen LogP contribution in [0.3, 0.4) is 0 Å². The average molecular weight is 435 g/mol. The highest BCUT2D eigenvalue weighted by molar-refractivity contribution is 6.05. The SMILES string of the molecule is CCOC(=O)C1CCN(C(=O)c2nn(-c3ccc(OC)cc3)c(=O)c3ccccc23)CC1. The van der Waals surface area contributed by atoms with Crippen molar-refractivity contribution in [2.75, 3.05) is 26.8 Å². The van der Waals surface area contributed by atoms with Crippen LogP contribution in [0.15, 0.2) is 53.3 Å². The predicted molar refractivity (Wildman–Crippen MR) is 119 cm³/mol. The van der Waals surface area contributed by atoms with Crippen molar-refractivity contribution in [1.82, 2.24) is 14.7 Å². The summed E-state index contributed by atoms with van der Waals surface area (Å²) < 4.78 is 11.5. The number of methoxy groups -OCH3 is 1. The van der Waals surface area contributed by atoms with E-state index in [0.29, 0.717) is 54.7 Å². The van der Waals surface area contributed by atoms with Crippen molar-refractivity contribution in [1.29, 1.82) is 0 Å². The summed E-state index contributed by atoms with van der Waals surface area (Å²) in [5.74, 6) is -0.0117. The number of rotatable bonds is 5. The van der Waals surface area contributed by atoms with Crippen LogP contribution in [-0.4, -0.2) is 53.4 Å². The second kappa shape index (κ2) is 9.21. The van der Waals surface area contributed by atoms with E-state index in [-0.39, 0.29) is 29.0 Å². The number of hydrogen-bond donors (Lipinski definition) is 0. The zero-order chi connectivity index (χ0) is 22.7. The lowest BCUT2D eigenvalue weighted by Gasteiger charge is -2.30. The Balaban J connectivity index is 1.69. The summed E-state index contributed by atoms with van der Waals surface area (Å²) in [7, 11) is 1.57. The van der Waals surface area contributed by atoms with Crippen molar-refractivity contribution in [3.8, 4) is 11.4 Å². The summed E-state index contributed by atoms with van der Waals surface area (Å²) in [5.41, 5.74) is 0.450. The highest BCUT2D eigenvalue weighted by Crippen LogP contribution is 2.23. The van der Waals surface area contributed by atoms with Gasteiger partial charge in [0.25, 0.3) is 11.5 Å². The maximum atomic E-state index is 13.4. The van der Waals surface area contributed by atoms with Gasteiger partial charge in [-0.3, -0.25) is 14.4 Å². The van der Waals surface area contributed by atoms with Crippen molar-refractivity contribution < 1.29 is 19.1 Å². The third-order valence-electron chi connectivity index (χ3n) is 5.73. The Morgan fingerprint density at radius 3 is 2.31 bits per heavy atom. The molecular formula is C24H25N3O5. The molecule has 1 aromatic heterocycles. The average Bonchev–Trinajstić information content (AvgIpc) is 2.84. The first-order valence-corrected chi connectivity index (χ1v) is 10.7. The van der Waals surface area contributed by atoms with E-state index in [4.69, 9.17) is 9.47 Å². The molecule has 1 aliphatic rings. The Bertz CT molecular complexity index is 1190. The Morgan fingerprint density at radius 1 is 1.03 bits per heavy atom. The first-order chi connectivity index (χ1) is 15.5. The number of amides is 1. The van der Waals surface area contributed by atoms with Gasteiger partial charge < -0.3 is 14.4 Å². The summed E-state index contributed by atoms with van der Waals surface area (Å²) in [4.78, 5) is 40.2. The van der Waals surface area contributed by atoms with Crippen LogP contribution in [0.25, 0.3) is 16.5 Å². The molecular weight excluding hydrogens is 410 g/mol. The van der Waals surface area contributed by atoms with E-state index in [0.717, 1.165) is 0 Å². The van der Waals surface area contributed by atoms with Crippen LogP contribution in [0.5, 0.6) is 5.75 Å². The molecule has 0 saturated carbocycles. The standard InChI is InChI=1S/C24H25N3O5/c1-3-32-24(30)16-12-14-26(15-13-16)23(29)21-19-6-4-5-7-20(19)22(28)27(25-21)17-8-10-18(31-2)11-9-17/h4-11,16H,3,12-15H2,1-2H3. The summed E-state index contributed by atoms with van der Waals surface area (Å²) in [6.45, 7) is 2.99. The molecule has 0 bridgehead atoms. The van der Waals surface area contributed by atoms with Gasteiger partial charge in [-0.2, -0.15) is 9.78 Å². The van der Waals surface area contributed by atoms with Gasteiger partial charge in [0.05, 0.1) is 30.7 Å². The van der Waals surface area contributed by atoms with Gasteiger partial charge >= 0.3 is 5.97 Å². The van der Waals surface area contributed by atoms with Crippen LogP contribution >= 0.6 is 0 Å². The smallest absolute Gasteiger partial charge is 0.309 e. The molecule has 0 N–H and O–H groups in total. The topological polar surface area (TPSA) is 90.7 Å². The van der Waals surface area contributed by atoms with Gasteiger partial charge in [-0.1, -0.05) is 18.2 Å². The molecule has 0 radical (unpaired) electrons. The van der Waals surface area contributed by atoms with E-state index in [2.05, 4.69) is 5.10 Å². The minimum atomic E-state index is -0.302. The zero-order valence-electron chi connectivity index (χ0n) is 18.1. The highest BCUT2D eigenvalue weighted by Gasteiger charge is 2.30. The molecule has 1 aliphatic heterocycles. The molecule has 2 heterocycles. The summed E-state index contributed by atoms with van der Waals surface area (Å²) in [6.07, 6.45) is 1.08. The summed E-state index contributed by atoms with van der Waals surface area (Å²) in [6, 6.07) is 13.9. The van der Waals surface area contributed by atoms with Crippen molar-refractivity contribution in [3.05, 3.63) is 64.6 Å². The van der Waals surface area contributed by atoms with Crippen LogP contribution in [0.2, 0.25) is 0 Å². The van der Waals surface area contributed by atoms with E-state index >= 15 is 0 Å². The third-order valence-corrected chi connectivity index (χ3v) is 5.73. The number of fused-ring (bicyclic) bond motifs is 1. The van der Waals surface area contributed by atoms with Gasteiger partial charge in [0.1, 0.15) is 5.75 Å². The van der Waals surface area contributed by atoms with Gasteiger partial charge in [-0.05, 0) is 50.1 Å².